The zero-order chi connectivity index (χ0) is 17.7. The molecule has 1 aromatic heterocycles. The van der Waals surface area contributed by atoms with Gasteiger partial charge in [-0.15, -0.1) is 34.5 Å². The molecule has 1 atom stereocenters. The fourth-order valence-electron chi connectivity index (χ4n) is 2.31. The van der Waals surface area contributed by atoms with E-state index in [2.05, 4.69) is 10.3 Å². The number of amides is 1. The first kappa shape index (κ1) is 17.1. The minimum Gasteiger partial charge on any atom is -0.301 e. The predicted molar refractivity (Wildman–Crippen MR) is 94.7 cm³/mol. The van der Waals surface area contributed by atoms with Crippen molar-refractivity contribution in [3.63, 3.8) is 0 Å². The van der Waals surface area contributed by atoms with Gasteiger partial charge in [-0.2, -0.15) is 0 Å². The number of thiazole rings is 1. The molecule has 24 heavy (non-hydrogen) atoms. The molecule has 0 aliphatic heterocycles. The molecule has 1 heterocycles. The van der Waals surface area contributed by atoms with Crippen molar-refractivity contribution >= 4 is 51.3 Å². The van der Waals surface area contributed by atoms with Crippen LogP contribution in [0.3, 0.4) is 0 Å². The van der Waals surface area contributed by atoms with Gasteiger partial charge in [0.2, 0.25) is 5.91 Å². The second kappa shape index (κ2) is 5.68. The van der Waals surface area contributed by atoms with Crippen molar-refractivity contribution in [2.24, 2.45) is 5.41 Å². The molecule has 0 radical (unpaired) electrons. The van der Waals surface area contributed by atoms with E-state index >= 15 is 0 Å². The summed E-state index contributed by atoms with van der Waals surface area (Å²) in [5.41, 5.74) is 0.957. The van der Waals surface area contributed by atoms with Crippen LogP contribution >= 0.6 is 34.5 Å². The summed E-state index contributed by atoms with van der Waals surface area (Å²) in [7, 11) is 0. The zero-order valence-electron chi connectivity index (χ0n) is 12.8. The van der Waals surface area contributed by atoms with Crippen LogP contribution in [-0.4, -0.2) is 20.1 Å². The molecule has 1 unspecified atom stereocenters. The molecule has 1 saturated carbocycles. The number of hydrogen-bond donors (Lipinski definition) is 1. The Bertz CT molecular complexity index is 852. The van der Waals surface area contributed by atoms with Crippen LogP contribution in [0.4, 0.5) is 10.8 Å². The summed E-state index contributed by atoms with van der Waals surface area (Å²) < 4.78 is -1.05. The summed E-state index contributed by atoms with van der Waals surface area (Å²) >= 11 is 13.2. The van der Waals surface area contributed by atoms with Gasteiger partial charge in [0.15, 0.2) is 5.13 Å². The second-order valence-electron chi connectivity index (χ2n) is 5.96. The molecule has 6 nitrogen and oxygen atoms in total. The van der Waals surface area contributed by atoms with E-state index in [1.54, 1.807) is 31.4 Å². The van der Waals surface area contributed by atoms with Gasteiger partial charge < -0.3 is 5.32 Å². The van der Waals surface area contributed by atoms with Crippen molar-refractivity contribution in [1.29, 1.82) is 0 Å². The van der Waals surface area contributed by atoms with E-state index in [-0.39, 0.29) is 11.6 Å². The first-order valence-electron chi connectivity index (χ1n) is 7.04. The normalized spacial score (nSPS) is 21.3. The molecule has 0 spiro atoms. The van der Waals surface area contributed by atoms with Gasteiger partial charge in [0, 0.05) is 22.6 Å². The number of nitro groups is 1. The summed E-state index contributed by atoms with van der Waals surface area (Å²) in [5.74, 6) is -0.289. The van der Waals surface area contributed by atoms with Crippen LogP contribution in [0.15, 0.2) is 23.6 Å². The third-order valence-electron chi connectivity index (χ3n) is 4.19. The highest BCUT2D eigenvalue weighted by molar-refractivity contribution is 7.14. The number of rotatable bonds is 4. The Morgan fingerprint density at radius 1 is 1.46 bits per heavy atom. The summed E-state index contributed by atoms with van der Waals surface area (Å²) in [4.78, 5) is 27.2. The van der Waals surface area contributed by atoms with Crippen molar-refractivity contribution in [3.05, 3.63) is 39.3 Å². The van der Waals surface area contributed by atoms with Gasteiger partial charge in [-0.25, -0.2) is 4.98 Å². The topological polar surface area (TPSA) is 85.1 Å². The number of aromatic nitrogens is 1. The fourth-order valence-corrected chi connectivity index (χ4v) is 3.73. The Labute approximate surface area is 152 Å². The van der Waals surface area contributed by atoms with E-state index in [0.717, 1.165) is 0 Å². The first-order chi connectivity index (χ1) is 11.1. The smallest absolute Gasteiger partial charge is 0.272 e. The molecule has 1 N–H and O–H groups in total. The summed E-state index contributed by atoms with van der Waals surface area (Å²) in [6.07, 6.45) is 0.386. The highest BCUT2D eigenvalue weighted by atomic mass is 35.5. The highest BCUT2D eigenvalue weighted by Crippen LogP contribution is 2.64. The van der Waals surface area contributed by atoms with Crippen LogP contribution in [-0.2, 0) is 4.79 Å². The Morgan fingerprint density at radius 2 is 2.12 bits per heavy atom. The Balaban J connectivity index is 1.80. The quantitative estimate of drug-likeness (QED) is 0.475. The molecule has 0 bridgehead atoms. The minimum absolute atomic E-state index is 0.0330. The SMILES string of the molecule is Cc1ccc(-c2csc(NC(=O)C3(C)CC3(Cl)Cl)n2)cc1[N+](=O)[O-]. The maximum absolute atomic E-state index is 12.2. The first-order valence-corrected chi connectivity index (χ1v) is 8.68. The molecule has 1 amide bonds. The van der Waals surface area contributed by atoms with Crippen molar-refractivity contribution in [3.8, 4) is 11.3 Å². The number of alkyl halides is 2. The monoisotopic (exact) mass is 385 g/mol. The molecule has 3 rings (SSSR count). The third kappa shape index (κ3) is 2.87. The Hall–Kier alpha value is -1.70. The Kier molecular flexibility index (Phi) is 4.06. The number of nitrogens with zero attached hydrogens (tertiary/aromatic N) is 2. The van der Waals surface area contributed by atoms with E-state index < -0.39 is 14.7 Å². The summed E-state index contributed by atoms with van der Waals surface area (Å²) in [6, 6.07) is 4.90. The van der Waals surface area contributed by atoms with E-state index in [1.165, 1.54) is 17.4 Å². The zero-order valence-corrected chi connectivity index (χ0v) is 15.1. The third-order valence-corrected chi connectivity index (χ3v) is 6.04. The number of carbonyl (C=O) groups excluding carboxylic acids is 1. The van der Waals surface area contributed by atoms with Gasteiger partial charge in [0.1, 0.15) is 4.33 Å². The molecule has 2 aromatic rings. The van der Waals surface area contributed by atoms with Crippen molar-refractivity contribution in [2.45, 2.75) is 24.6 Å². The Morgan fingerprint density at radius 3 is 2.71 bits per heavy atom. The summed E-state index contributed by atoms with van der Waals surface area (Å²) in [5, 5.41) is 15.9. The molecule has 0 saturated heterocycles. The maximum atomic E-state index is 12.2. The molecule has 9 heteroatoms. The average molecular weight is 386 g/mol. The number of carbonyl (C=O) groups is 1. The largest absolute Gasteiger partial charge is 0.301 e. The van der Waals surface area contributed by atoms with Crippen LogP contribution in [0.1, 0.15) is 18.9 Å². The van der Waals surface area contributed by atoms with E-state index in [4.69, 9.17) is 23.2 Å². The van der Waals surface area contributed by atoms with Gasteiger partial charge in [-0.1, -0.05) is 12.1 Å². The van der Waals surface area contributed by atoms with Crippen LogP contribution < -0.4 is 5.32 Å². The van der Waals surface area contributed by atoms with Gasteiger partial charge in [0.05, 0.1) is 16.0 Å². The number of benzene rings is 1. The molecular formula is C15H13Cl2N3O3S. The lowest BCUT2D eigenvalue weighted by atomic mass is 10.1. The van der Waals surface area contributed by atoms with E-state index in [9.17, 15) is 14.9 Å². The summed E-state index contributed by atoms with van der Waals surface area (Å²) in [6.45, 7) is 3.37. The maximum Gasteiger partial charge on any atom is 0.272 e. The van der Waals surface area contributed by atoms with Gasteiger partial charge in [-0.05, 0) is 20.3 Å². The molecule has 126 valence electrons. The highest BCUT2D eigenvalue weighted by Gasteiger charge is 2.68. The number of halogens is 2. The number of hydrogen-bond acceptors (Lipinski definition) is 5. The number of nitro benzene ring substituents is 1. The van der Waals surface area contributed by atoms with Crippen molar-refractivity contribution < 1.29 is 9.72 Å². The molecular weight excluding hydrogens is 373 g/mol. The van der Waals surface area contributed by atoms with Crippen molar-refractivity contribution in [2.75, 3.05) is 5.32 Å². The van der Waals surface area contributed by atoms with Crippen LogP contribution in [0.5, 0.6) is 0 Å². The van der Waals surface area contributed by atoms with Crippen LogP contribution in [0.2, 0.25) is 0 Å². The number of nitrogens with one attached hydrogen (secondary N) is 1. The van der Waals surface area contributed by atoms with Crippen molar-refractivity contribution in [1.82, 2.24) is 4.98 Å². The van der Waals surface area contributed by atoms with E-state index in [1.807, 2.05) is 0 Å². The van der Waals surface area contributed by atoms with E-state index in [0.29, 0.717) is 28.4 Å². The molecule has 1 fully saturated rings. The number of anilines is 1. The standard InChI is InChI=1S/C15H13Cl2N3O3S/c1-8-3-4-9(5-11(8)20(22)23)10-6-24-13(18-10)19-12(21)14(2)7-15(14,16)17/h3-6H,7H2,1-2H3,(H,18,19,21). The lowest BCUT2D eigenvalue weighted by Gasteiger charge is -2.10. The van der Waals surface area contributed by atoms with Gasteiger partial charge in [-0.3, -0.25) is 14.9 Å². The molecule has 1 aliphatic carbocycles. The van der Waals surface area contributed by atoms with Crippen LogP contribution in [0.25, 0.3) is 11.3 Å². The fraction of sp³-hybridized carbons (Fsp3) is 0.333. The lowest BCUT2D eigenvalue weighted by molar-refractivity contribution is -0.385. The average Bonchev–Trinajstić information content (AvgIpc) is 2.85. The molecule has 1 aliphatic rings. The molecule has 1 aromatic carbocycles. The lowest BCUT2D eigenvalue weighted by Crippen LogP contribution is -2.25. The van der Waals surface area contributed by atoms with Crippen LogP contribution in [0, 0.1) is 22.5 Å². The van der Waals surface area contributed by atoms with Gasteiger partial charge >= 0.3 is 0 Å². The predicted octanol–water partition coefficient (Wildman–Crippen LogP) is 4.55. The second-order valence-corrected chi connectivity index (χ2v) is 8.31. The minimum atomic E-state index is -1.05. The van der Waals surface area contributed by atoms with Gasteiger partial charge in [0.25, 0.3) is 5.69 Å². The number of aryl methyl sites for hydroxylation is 1.